The second-order valence-electron chi connectivity index (χ2n) is 13.4. The second kappa shape index (κ2) is 15.4. The predicted octanol–water partition coefficient (Wildman–Crippen LogP) is 0.264. The van der Waals surface area contributed by atoms with Crippen LogP contribution in [0.3, 0.4) is 0 Å². The number of allylic oxidation sites excluding steroid dienone is 6. The number of aliphatic hydroxyl groups is 5. The van der Waals surface area contributed by atoms with Crippen LogP contribution >= 0.6 is 0 Å². The first-order valence-corrected chi connectivity index (χ1v) is 16.4. The van der Waals surface area contributed by atoms with Crippen LogP contribution < -0.4 is 5.73 Å². The van der Waals surface area contributed by atoms with Gasteiger partial charge in [0, 0.05) is 38.2 Å². The fourth-order valence-electron chi connectivity index (χ4n) is 6.58. The van der Waals surface area contributed by atoms with Gasteiger partial charge in [0.15, 0.2) is 12.1 Å². The number of rotatable bonds is 3. The number of carboxylic acid groups (broad SMARTS) is 1. The van der Waals surface area contributed by atoms with E-state index in [0.29, 0.717) is 12.8 Å². The number of aliphatic carboxylic acids is 1. The van der Waals surface area contributed by atoms with E-state index in [2.05, 4.69) is 0 Å². The molecule has 14 heteroatoms. The summed E-state index contributed by atoms with van der Waals surface area (Å²) in [5, 5.41) is 64.1. The zero-order valence-corrected chi connectivity index (χ0v) is 27.0. The number of fused-ring (bicyclic) bond motifs is 10. The number of hydrogen-bond acceptors (Lipinski definition) is 13. The van der Waals surface area contributed by atoms with Crippen molar-refractivity contribution in [1.82, 2.24) is 0 Å². The fourth-order valence-corrected chi connectivity index (χ4v) is 6.58. The topological polar surface area (TPSA) is 231 Å². The lowest BCUT2D eigenvalue weighted by atomic mass is 9.83. The summed E-state index contributed by atoms with van der Waals surface area (Å²) in [5.74, 6) is -5.41. The molecule has 9 unspecified atom stereocenters. The molecule has 0 aromatic heterocycles. The van der Waals surface area contributed by atoms with Crippen LogP contribution in [0.4, 0.5) is 0 Å². The minimum absolute atomic E-state index is 0.0837. The summed E-state index contributed by atoms with van der Waals surface area (Å²) < 4.78 is 28.7. The molecule has 3 saturated heterocycles. The van der Waals surface area contributed by atoms with Gasteiger partial charge in [-0.25, -0.2) is 4.79 Å². The second-order valence-corrected chi connectivity index (χ2v) is 13.4. The molecule has 0 saturated carbocycles. The van der Waals surface area contributed by atoms with E-state index >= 15 is 0 Å². The monoisotopic (exact) mass is 677 g/mol. The molecule has 4 bridgehead atoms. The van der Waals surface area contributed by atoms with E-state index in [-0.39, 0.29) is 25.4 Å². The molecule has 5 aliphatic heterocycles. The third-order valence-electron chi connectivity index (χ3n) is 9.33. The van der Waals surface area contributed by atoms with Gasteiger partial charge in [-0.05, 0) is 37.5 Å². The minimum Gasteiger partial charge on any atom is -0.481 e. The maximum atomic E-state index is 12.3. The Morgan fingerprint density at radius 3 is 2.46 bits per heavy atom. The number of epoxide rings is 1. The molecule has 8 N–H and O–H groups in total. The van der Waals surface area contributed by atoms with Crippen molar-refractivity contribution < 1.29 is 63.9 Å². The number of hydrogen-bond donors (Lipinski definition) is 7. The molecular weight excluding hydrogens is 630 g/mol. The average molecular weight is 678 g/mol. The van der Waals surface area contributed by atoms with E-state index in [1.54, 1.807) is 38.2 Å². The lowest BCUT2D eigenvalue weighted by Crippen LogP contribution is -2.61. The van der Waals surface area contributed by atoms with Crippen molar-refractivity contribution in [2.24, 2.45) is 11.7 Å². The quantitative estimate of drug-likeness (QED) is 0.157. The van der Waals surface area contributed by atoms with Crippen LogP contribution in [0, 0.1) is 5.92 Å². The standard InChI is InChI=1S/C34H47NO13/c1-17-7-8-20-11-19(12-20)5-3-4-6-22(46-33-31(40)29(35)30(39)18(2)45-33)14-26-28(32(41)42)23(37)16-34(43,48-26)15-21(36)13-25-24(47-25)9-10-27(38)44-17/h3-6,8-11,17-18,21-26,28-31,33,36-37,39-40,43H,7,12-16,35H2,1-2H3,(H,41,42)/b5-3+,6-4+,10-9+,20-8-/t17?,18-,21?,22?,23?,24?,25?,26?,28?,29+,30-,31+,33+,34?/m1/s1. The molecule has 6 aliphatic rings. The Labute approximate surface area is 278 Å². The van der Waals surface area contributed by atoms with Crippen molar-refractivity contribution in [3.63, 3.8) is 0 Å². The number of carboxylic acids is 1. The van der Waals surface area contributed by atoms with Crippen molar-refractivity contribution >= 4 is 11.9 Å². The van der Waals surface area contributed by atoms with E-state index in [1.165, 1.54) is 6.08 Å². The number of esters is 1. The third kappa shape index (κ3) is 9.27. The van der Waals surface area contributed by atoms with Gasteiger partial charge >= 0.3 is 11.9 Å². The first-order valence-electron chi connectivity index (χ1n) is 16.4. The van der Waals surface area contributed by atoms with Crippen molar-refractivity contribution in [3.8, 4) is 0 Å². The molecular formula is C34H47NO13. The normalized spacial score (nSPS) is 47.3. The molecule has 6 rings (SSSR count). The zero-order valence-electron chi connectivity index (χ0n) is 27.0. The Morgan fingerprint density at radius 2 is 1.73 bits per heavy atom. The van der Waals surface area contributed by atoms with Crippen LogP contribution in [0.1, 0.15) is 52.4 Å². The van der Waals surface area contributed by atoms with Gasteiger partial charge in [0.05, 0.1) is 48.8 Å². The maximum absolute atomic E-state index is 12.3. The lowest BCUT2D eigenvalue weighted by molar-refractivity contribution is -0.308. The Bertz CT molecular complexity index is 1330. The highest BCUT2D eigenvalue weighted by molar-refractivity contribution is 5.82. The highest BCUT2D eigenvalue weighted by Crippen LogP contribution is 2.39. The smallest absolute Gasteiger partial charge is 0.330 e. The summed E-state index contributed by atoms with van der Waals surface area (Å²) in [5.41, 5.74) is 8.13. The van der Waals surface area contributed by atoms with Gasteiger partial charge in [-0.2, -0.15) is 0 Å². The summed E-state index contributed by atoms with van der Waals surface area (Å²) in [6.45, 7) is 3.38. The summed E-state index contributed by atoms with van der Waals surface area (Å²) in [7, 11) is 0. The van der Waals surface area contributed by atoms with Crippen LogP contribution in [0.25, 0.3) is 0 Å². The van der Waals surface area contributed by atoms with Crippen LogP contribution in [0.2, 0.25) is 0 Å². The van der Waals surface area contributed by atoms with Gasteiger partial charge < -0.3 is 60.1 Å². The van der Waals surface area contributed by atoms with Gasteiger partial charge in [-0.15, -0.1) is 0 Å². The predicted molar refractivity (Wildman–Crippen MR) is 168 cm³/mol. The molecule has 0 amide bonds. The van der Waals surface area contributed by atoms with Gasteiger partial charge in [-0.1, -0.05) is 36.5 Å². The Balaban J connectivity index is 1.39. The Kier molecular flexibility index (Phi) is 11.7. The molecule has 0 spiro atoms. The molecule has 14 nitrogen and oxygen atoms in total. The van der Waals surface area contributed by atoms with Gasteiger partial charge in [-0.3, -0.25) is 4.79 Å². The zero-order chi connectivity index (χ0) is 34.7. The number of nitrogens with two attached hydrogens (primary N) is 1. The van der Waals surface area contributed by atoms with Gasteiger partial charge in [0.25, 0.3) is 0 Å². The summed E-state index contributed by atoms with van der Waals surface area (Å²) in [4.78, 5) is 24.6. The molecule has 0 radical (unpaired) electrons. The van der Waals surface area contributed by atoms with Crippen molar-refractivity contribution in [2.75, 3.05) is 0 Å². The maximum Gasteiger partial charge on any atom is 0.330 e. The summed E-state index contributed by atoms with van der Waals surface area (Å²) in [6, 6.07) is -1.07. The highest BCUT2D eigenvalue weighted by atomic mass is 16.7. The van der Waals surface area contributed by atoms with E-state index in [0.717, 1.165) is 11.1 Å². The molecule has 1 aliphatic carbocycles. The Hall–Kier alpha value is -2.76. The number of carbonyl (C=O) groups is 2. The van der Waals surface area contributed by atoms with Crippen molar-refractivity contribution in [2.45, 2.75) is 132 Å². The van der Waals surface area contributed by atoms with Crippen molar-refractivity contribution in [1.29, 1.82) is 0 Å². The molecule has 0 aromatic carbocycles. The first-order chi connectivity index (χ1) is 22.7. The molecule has 14 atom stereocenters. The van der Waals surface area contributed by atoms with Crippen LogP contribution in [-0.2, 0) is 33.3 Å². The van der Waals surface area contributed by atoms with E-state index < -0.39 is 97.3 Å². The lowest BCUT2D eigenvalue weighted by Gasteiger charge is -2.45. The van der Waals surface area contributed by atoms with E-state index in [4.69, 9.17) is 29.4 Å². The fraction of sp³-hybridized carbons (Fsp3) is 0.647. The van der Waals surface area contributed by atoms with Gasteiger partial charge in [0.1, 0.15) is 24.2 Å². The molecule has 266 valence electrons. The SMILES string of the molecule is CC1C/C=C2C=C(/C=C/C=C/C(O[C@@H]3O[C@H](C)[C@@H](O)[C@H](N)[C@@H]3O)CC3OC(O)(CC(O)CC4OC4/C=C/C(=O)O1)CC(O)C3C(=O)O)C/2. The number of carbonyl (C=O) groups excluding carboxylic acids is 1. The Morgan fingerprint density at radius 1 is 0.979 bits per heavy atom. The van der Waals surface area contributed by atoms with Gasteiger partial charge in [0.2, 0.25) is 0 Å². The van der Waals surface area contributed by atoms with Crippen LogP contribution in [-0.4, -0.2) is 122 Å². The first kappa shape index (κ1) is 36.5. The molecule has 0 aromatic rings. The minimum atomic E-state index is -2.10. The summed E-state index contributed by atoms with van der Waals surface area (Å²) >= 11 is 0. The molecule has 48 heavy (non-hydrogen) atoms. The largest absolute Gasteiger partial charge is 0.481 e. The average Bonchev–Trinajstić information content (AvgIpc) is 3.71. The van der Waals surface area contributed by atoms with Crippen LogP contribution in [0.15, 0.2) is 59.8 Å². The summed E-state index contributed by atoms with van der Waals surface area (Å²) in [6.07, 6.45) is 3.31. The van der Waals surface area contributed by atoms with E-state index in [1.807, 2.05) is 18.2 Å². The van der Waals surface area contributed by atoms with E-state index in [9.17, 15) is 40.2 Å². The van der Waals surface area contributed by atoms with Crippen molar-refractivity contribution in [3.05, 3.63) is 59.8 Å². The molecule has 5 heterocycles. The number of aliphatic hydroxyl groups excluding tert-OH is 4. The third-order valence-corrected chi connectivity index (χ3v) is 9.33. The molecule has 3 fully saturated rings. The van der Waals surface area contributed by atoms with Crippen LogP contribution in [0.5, 0.6) is 0 Å². The highest BCUT2D eigenvalue weighted by Gasteiger charge is 2.51. The number of ether oxygens (including phenoxy) is 5.